The Kier molecular flexibility index (Phi) is 3.88. The van der Waals surface area contributed by atoms with Crippen molar-refractivity contribution in [2.24, 2.45) is 7.05 Å². The molecule has 0 aromatic carbocycles. The first kappa shape index (κ1) is 9.86. The number of thioether (sulfide) groups is 1. The van der Waals surface area contributed by atoms with Gasteiger partial charge in [-0.2, -0.15) is 0 Å². The van der Waals surface area contributed by atoms with E-state index in [9.17, 15) is 0 Å². The number of aromatic nitrogens is 3. The van der Waals surface area contributed by atoms with Crippen LogP contribution in [0.3, 0.4) is 0 Å². The molecule has 0 saturated carbocycles. The second kappa shape index (κ2) is 4.72. The van der Waals surface area contributed by atoms with E-state index >= 15 is 0 Å². The Morgan fingerprint density at radius 3 is 2.75 bits per heavy atom. The minimum Gasteiger partial charge on any atom is -0.309 e. The molecule has 0 radical (unpaired) electrons. The summed E-state index contributed by atoms with van der Waals surface area (Å²) < 4.78 is 1.99. The molecular formula is C7H12ClN3S. The molecule has 1 aromatic heterocycles. The molecule has 0 saturated heterocycles. The van der Waals surface area contributed by atoms with Crippen molar-refractivity contribution in [3.63, 3.8) is 0 Å². The normalized spacial score (nSPS) is 10.6. The summed E-state index contributed by atoms with van der Waals surface area (Å²) in [5.41, 5.74) is 0. The van der Waals surface area contributed by atoms with Crippen LogP contribution >= 0.6 is 23.4 Å². The Bertz CT molecular complexity index is 249. The predicted octanol–water partition coefficient (Wildman–Crippen LogP) is 1.84. The van der Waals surface area contributed by atoms with Crippen molar-refractivity contribution in [2.45, 2.75) is 18.5 Å². The van der Waals surface area contributed by atoms with Gasteiger partial charge in [0, 0.05) is 18.7 Å². The van der Waals surface area contributed by atoms with E-state index in [0.29, 0.717) is 5.88 Å². The summed E-state index contributed by atoms with van der Waals surface area (Å²) in [6.45, 7) is 1.94. The second-order valence-electron chi connectivity index (χ2n) is 2.48. The average Bonchev–Trinajstić information content (AvgIpc) is 2.36. The molecule has 0 aliphatic rings. The maximum Gasteiger partial charge on any atom is 0.190 e. The summed E-state index contributed by atoms with van der Waals surface area (Å²) in [5.74, 6) is 2.67. The molecule has 0 unspecified atom stereocenters. The van der Waals surface area contributed by atoms with Crippen LogP contribution in [-0.2, 0) is 7.05 Å². The van der Waals surface area contributed by atoms with Crippen molar-refractivity contribution in [3.05, 3.63) is 5.82 Å². The molecule has 0 atom stereocenters. The third-order valence-electron chi connectivity index (χ3n) is 1.56. The van der Waals surface area contributed by atoms with Crippen molar-refractivity contribution in [1.82, 2.24) is 14.8 Å². The van der Waals surface area contributed by atoms with Crippen LogP contribution in [0.25, 0.3) is 0 Å². The highest BCUT2D eigenvalue weighted by Gasteiger charge is 2.03. The molecule has 1 aromatic rings. The van der Waals surface area contributed by atoms with Crippen LogP contribution in [0.5, 0.6) is 0 Å². The van der Waals surface area contributed by atoms with Gasteiger partial charge >= 0.3 is 0 Å². The number of rotatable bonds is 4. The average molecular weight is 206 g/mol. The Morgan fingerprint density at radius 1 is 1.50 bits per heavy atom. The van der Waals surface area contributed by atoms with E-state index in [1.165, 1.54) is 0 Å². The minimum absolute atomic E-state index is 0.712. The maximum absolute atomic E-state index is 5.56. The highest BCUT2D eigenvalue weighted by molar-refractivity contribution is 7.99. The predicted molar refractivity (Wildman–Crippen MR) is 51.8 cm³/mol. The molecule has 0 amide bonds. The highest BCUT2D eigenvalue weighted by Crippen LogP contribution is 2.15. The van der Waals surface area contributed by atoms with Gasteiger partial charge in [0.25, 0.3) is 0 Å². The van der Waals surface area contributed by atoms with Crippen LogP contribution in [0, 0.1) is 6.92 Å². The Morgan fingerprint density at radius 2 is 2.25 bits per heavy atom. The van der Waals surface area contributed by atoms with Crippen LogP contribution in [-0.4, -0.2) is 26.4 Å². The lowest BCUT2D eigenvalue weighted by molar-refractivity contribution is 0.765. The highest BCUT2D eigenvalue weighted by atomic mass is 35.5. The number of halogens is 1. The molecule has 1 rings (SSSR count). The van der Waals surface area contributed by atoms with Crippen LogP contribution in [0.15, 0.2) is 5.16 Å². The van der Waals surface area contributed by atoms with E-state index in [4.69, 9.17) is 11.6 Å². The molecule has 68 valence electrons. The minimum atomic E-state index is 0.712. The van der Waals surface area contributed by atoms with E-state index in [-0.39, 0.29) is 0 Å². The van der Waals surface area contributed by atoms with Crippen molar-refractivity contribution in [1.29, 1.82) is 0 Å². The topological polar surface area (TPSA) is 30.7 Å². The van der Waals surface area contributed by atoms with Gasteiger partial charge in [-0.3, -0.25) is 0 Å². The van der Waals surface area contributed by atoms with Gasteiger partial charge in [0.15, 0.2) is 5.16 Å². The van der Waals surface area contributed by atoms with Gasteiger partial charge in [-0.05, 0) is 13.3 Å². The fraction of sp³-hybridized carbons (Fsp3) is 0.714. The quantitative estimate of drug-likeness (QED) is 0.427. The van der Waals surface area contributed by atoms with Crippen molar-refractivity contribution in [2.75, 3.05) is 11.6 Å². The molecule has 0 aliphatic heterocycles. The number of hydrogen-bond donors (Lipinski definition) is 0. The van der Waals surface area contributed by atoms with E-state index in [2.05, 4.69) is 10.2 Å². The first-order valence-corrected chi connectivity index (χ1v) is 5.32. The van der Waals surface area contributed by atoms with E-state index in [1.54, 1.807) is 11.8 Å². The molecule has 0 aliphatic carbocycles. The molecule has 0 fully saturated rings. The first-order chi connectivity index (χ1) is 5.75. The molecule has 0 spiro atoms. The van der Waals surface area contributed by atoms with Gasteiger partial charge < -0.3 is 4.57 Å². The number of nitrogens with zero attached hydrogens (tertiary/aromatic N) is 3. The molecule has 1 heterocycles. The zero-order valence-electron chi connectivity index (χ0n) is 7.25. The number of hydrogen-bond acceptors (Lipinski definition) is 3. The summed E-state index contributed by atoms with van der Waals surface area (Å²) >= 11 is 7.25. The third-order valence-corrected chi connectivity index (χ3v) is 2.94. The van der Waals surface area contributed by atoms with Gasteiger partial charge in [0.05, 0.1) is 0 Å². The standard InChI is InChI=1S/C7H12ClN3S/c1-6-9-10-7(11(6)2)12-5-3-4-8/h3-5H2,1-2H3. The van der Waals surface area contributed by atoms with Gasteiger partial charge in [-0.1, -0.05) is 11.8 Å². The molecule has 0 bridgehead atoms. The lowest BCUT2D eigenvalue weighted by Crippen LogP contribution is -1.94. The van der Waals surface area contributed by atoms with Crippen molar-refractivity contribution >= 4 is 23.4 Å². The van der Waals surface area contributed by atoms with Crippen LogP contribution < -0.4 is 0 Å². The van der Waals surface area contributed by atoms with Gasteiger partial charge in [-0.25, -0.2) is 0 Å². The van der Waals surface area contributed by atoms with Crippen LogP contribution in [0.2, 0.25) is 0 Å². The Hall–Kier alpha value is -0.220. The first-order valence-electron chi connectivity index (χ1n) is 3.80. The van der Waals surface area contributed by atoms with Crippen molar-refractivity contribution < 1.29 is 0 Å². The Labute approximate surface area is 81.5 Å². The largest absolute Gasteiger partial charge is 0.309 e. The fourth-order valence-electron chi connectivity index (χ4n) is 0.731. The Balaban J connectivity index is 2.46. The molecule has 12 heavy (non-hydrogen) atoms. The molecule has 3 nitrogen and oxygen atoms in total. The molecule has 5 heteroatoms. The summed E-state index contributed by atoms with van der Waals surface area (Å²) in [7, 11) is 1.97. The lowest BCUT2D eigenvalue weighted by Gasteiger charge is -1.98. The zero-order chi connectivity index (χ0) is 8.97. The number of aryl methyl sites for hydroxylation is 1. The summed E-state index contributed by atoms with van der Waals surface area (Å²) in [6.07, 6.45) is 1.01. The number of alkyl halides is 1. The summed E-state index contributed by atoms with van der Waals surface area (Å²) in [4.78, 5) is 0. The summed E-state index contributed by atoms with van der Waals surface area (Å²) in [6, 6.07) is 0. The van der Waals surface area contributed by atoms with E-state index in [0.717, 1.165) is 23.2 Å². The van der Waals surface area contributed by atoms with Gasteiger partial charge in [0.2, 0.25) is 0 Å². The van der Waals surface area contributed by atoms with E-state index in [1.807, 2.05) is 18.5 Å². The van der Waals surface area contributed by atoms with Crippen LogP contribution in [0.4, 0.5) is 0 Å². The smallest absolute Gasteiger partial charge is 0.190 e. The monoisotopic (exact) mass is 205 g/mol. The second-order valence-corrected chi connectivity index (χ2v) is 3.92. The van der Waals surface area contributed by atoms with Crippen molar-refractivity contribution in [3.8, 4) is 0 Å². The maximum atomic E-state index is 5.56. The van der Waals surface area contributed by atoms with Crippen LogP contribution in [0.1, 0.15) is 12.2 Å². The third kappa shape index (κ3) is 2.38. The molecule has 0 N–H and O–H groups in total. The zero-order valence-corrected chi connectivity index (χ0v) is 8.82. The molecular weight excluding hydrogens is 194 g/mol. The lowest BCUT2D eigenvalue weighted by atomic mass is 10.6. The SMILES string of the molecule is Cc1nnc(SCCCCl)n1C. The summed E-state index contributed by atoms with van der Waals surface area (Å²) in [5, 5.41) is 8.94. The van der Waals surface area contributed by atoms with Gasteiger partial charge in [0.1, 0.15) is 5.82 Å². The fourth-order valence-corrected chi connectivity index (χ4v) is 1.92. The van der Waals surface area contributed by atoms with Gasteiger partial charge in [-0.15, -0.1) is 21.8 Å². The van der Waals surface area contributed by atoms with E-state index < -0.39 is 0 Å².